The Kier molecular flexibility index (Phi) is 5.13. The minimum Gasteiger partial charge on any atom is -0.497 e. The predicted molar refractivity (Wildman–Crippen MR) is 67.1 cm³/mol. The standard InChI is InChI=1S/C12H17N3O3/c1-8(14-7-11(16)15-12(13)17)9-3-5-10(18-2)6-4-9/h3-6,8,14H,7H2,1-2H3,(H3,13,15,16,17)/t8-/m0/s1. The Bertz CT molecular complexity index is 417. The second-order valence-corrected chi connectivity index (χ2v) is 3.79. The van der Waals surface area contributed by atoms with Crippen LogP contribution >= 0.6 is 0 Å². The molecule has 3 amide bonds. The number of imide groups is 1. The molecule has 4 N–H and O–H groups in total. The first-order valence-electron chi connectivity index (χ1n) is 5.49. The fourth-order valence-corrected chi connectivity index (χ4v) is 1.44. The van der Waals surface area contributed by atoms with E-state index in [2.05, 4.69) is 5.32 Å². The summed E-state index contributed by atoms with van der Waals surface area (Å²) in [5.41, 5.74) is 5.85. The SMILES string of the molecule is COc1ccc([C@H](C)NCC(=O)NC(N)=O)cc1. The van der Waals surface area contributed by atoms with Crippen LogP contribution in [0.15, 0.2) is 24.3 Å². The van der Waals surface area contributed by atoms with Gasteiger partial charge in [-0.1, -0.05) is 12.1 Å². The molecule has 0 heterocycles. The normalized spacial score (nSPS) is 11.7. The van der Waals surface area contributed by atoms with Gasteiger partial charge in [0, 0.05) is 6.04 Å². The Morgan fingerprint density at radius 2 is 1.94 bits per heavy atom. The third-order valence-corrected chi connectivity index (χ3v) is 2.45. The maximum Gasteiger partial charge on any atom is 0.318 e. The first-order valence-corrected chi connectivity index (χ1v) is 5.49. The van der Waals surface area contributed by atoms with E-state index in [1.54, 1.807) is 7.11 Å². The van der Waals surface area contributed by atoms with Gasteiger partial charge in [0.05, 0.1) is 13.7 Å². The van der Waals surface area contributed by atoms with Gasteiger partial charge in [-0.15, -0.1) is 0 Å². The van der Waals surface area contributed by atoms with Gasteiger partial charge in [0.25, 0.3) is 0 Å². The van der Waals surface area contributed by atoms with Crippen LogP contribution in [0.5, 0.6) is 5.75 Å². The van der Waals surface area contributed by atoms with Crippen molar-refractivity contribution in [2.24, 2.45) is 5.73 Å². The summed E-state index contributed by atoms with van der Waals surface area (Å²) in [6.45, 7) is 1.94. The number of carbonyl (C=O) groups is 2. The van der Waals surface area contributed by atoms with E-state index in [0.29, 0.717) is 0 Å². The van der Waals surface area contributed by atoms with Crippen molar-refractivity contribution < 1.29 is 14.3 Å². The highest BCUT2D eigenvalue weighted by molar-refractivity contribution is 5.94. The molecule has 0 aliphatic carbocycles. The molecule has 0 aromatic heterocycles. The number of nitrogens with two attached hydrogens (primary N) is 1. The molecule has 0 aliphatic heterocycles. The summed E-state index contributed by atoms with van der Waals surface area (Å²) in [5, 5.41) is 4.97. The number of urea groups is 1. The Balaban J connectivity index is 2.46. The fraction of sp³-hybridized carbons (Fsp3) is 0.333. The molecule has 0 unspecified atom stereocenters. The largest absolute Gasteiger partial charge is 0.497 e. The molecule has 0 saturated heterocycles. The summed E-state index contributed by atoms with van der Waals surface area (Å²) >= 11 is 0. The molecule has 0 spiro atoms. The van der Waals surface area contributed by atoms with Crippen molar-refractivity contribution in [1.29, 1.82) is 0 Å². The molecule has 0 aliphatic rings. The highest BCUT2D eigenvalue weighted by atomic mass is 16.5. The van der Waals surface area contributed by atoms with E-state index in [0.717, 1.165) is 11.3 Å². The maximum atomic E-state index is 11.2. The second-order valence-electron chi connectivity index (χ2n) is 3.79. The molecule has 6 nitrogen and oxygen atoms in total. The minimum absolute atomic E-state index is 0.0190. The van der Waals surface area contributed by atoms with Gasteiger partial charge in [0.1, 0.15) is 5.75 Å². The van der Waals surface area contributed by atoms with Gasteiger partial charge in [-0.2, -0.15) is 0 Å². The van der Waals surface area contributed by atoms with Gasteiger partial charge in [-0.05, 0) is 24.6 Å². The Labute approximate surface area is 105 Å². The first-order chi connectivity index (χ1) is 8.52. The van der Waals surface area contributed by atoms with Crippen molar-refractivity contribution in [1.82, 2.24) is 10.6 Å². The molecule has 1 aromatic rings. The van der Waals surface area contributed by atoms with Crippen molar-refractivity contribution in [3.05, 3.63) is 29.8 Å². The van der Waals surface area contributed by atoms with Gasteiger partial charge in [0.15, 0.2) is 0 Å². The van der Waals surface area contributed by atoms with Crippen LogP contribution in [0.25, 0.3) is 0 Å². The van der Waals surface area contributed by atoms with Gasteiger partial charge < -0.3 is 15.8 Å². The summed E-state index contributed by atoms with van der Waals surface area (Å²) in [7, 11) is 1.60. The van der Waals surface area contributed by atoms with Crippen molar-refractivity contribution in [2.45, 2.75) is 13.0 Å². The molecular weight excluding hydrogens is 234 g/mol. The zero-order valence-corrected chi connectivity index (χ0v) is 10.4. The van der Waals surface area contributed by atoms with E-state index >= 15 is 0 Å². The number of carbonyl (C=O) groups excluding carboxylic acids is 2. The van der Waals surface area contributed by atoms with Crippen LogP contribution in [0.2, 0.25) is 0 Å². The maximum absolute atomic E-state index is 11.2. The predicted octanol–water partition coefficient (Wildman–Crippen LogP) is 0.541. The van der Waals surface area contributed by atoms with Gasteiger partial charge in [0.2, 0.25) is 5.91 Å². The van der Waals surface area contributed by atoms with Crippen LogP contribution in [0, 0.1) is 0 Å². The zero-order valence-electron chi connectivity index (χ0n) is 10.4. The van der Waals surface area contributed by atoms with E-state index in [4.69, 9.17) is 10.5 Å². The molecule has 6 heteroatoms. The average molecular weight is 251 g/mol. The second kappa shape index (κ2) is 6.61. The molecule has 1 aromatic carbocycles. The van der Waals surface area contributed by atoms with Gasteiger partial charge in [-0.25, -0.2) is 4.79 Å². The average Bonchev–Trinajstić information content (AvgIpc) is 2.35. The van der Waals surface area contributed by atoms with Crippen LogP contribution < -0.4 is 21.1 Å². The number of hydrogen-bond acceptors (Lipinski definition) is 4. The smallest absolute Gasteiger partial charge is 0.318 e. The number of hydrogen-bond donors (Lipinski definition) is 3. The van der Waals surface area contributed by atoms with Crippen LogP contribution in [0.1, 0.15) is 18.5 Å². The Morgan fingerprint density at radius 3 is 2.44 bits per heavy atom. The van der Waals surface area contributed by atoms with Crippen molar-refractivity contribution >= 4 is 11.9 Å². The van der Waals surface area contributed by atoms with Crippen LogP contribution in [0.4, 0.5) is 4.79 Å². The number of primary amides is 1. The molecule has 0 radical (unpaired) electrons. The Morgan fingerprint density at radius 1 is 1.33 bits per heavy atom. The number of rotatable bonds is 5. The quantitative estimate of drug-likeness (QED) is 0.712. The summed E-state index contributed by atoms with van der Waals surface area (Å²) in [6.07, 6.45) is 0. The number of nitrogens with one attached hydrogen (secondary N) is 2. The highest BCUT2D eigenvalue weighted by Gasteiger charge is 2.08. The number of ether oxygens (including phenoxy) is 1. The fourth-order valence-electron chi connectivity index (χ4n) is 1.44. The third kappa shape index (κ3) is 4.42. The summed E-state index contributed by atoms with van der Waals surface area (Å²) in [5.74, 6) is 0.320. The summed E-state index contributed by atoms with van der Waals surface area (Å²) in [6, 6.07) is 6.63. The van der Waals surface area contributed by atoms with Crippen molar-refractivity contribution in [3.63, 3.8) is 0 Å². The van der Waals surface area contributed by atoms with Gasteiger partial charge >= 0.3 is 6.03 Å². The minimum atomic E-state index is -0.848. The first kappa shape index (κ1) is 14.0. The lowest BCUT2D eigenvalue weighted by molar-refractivity contribution is -0.119. The molecule has 0 bridgehead atoms. The van der Waals surface area contributed by atoms with Gasteiger partial charge in [-0.3, -0.25) is 10.1 Å². The lowest BCUT2D eigenvalue weighted by Crippen LogP contribution is -2.41. The van der Waals surface area contributed by atoms with Crippen molar-refractivity contribution in [2.75, 3.05) is 13.7 Å². The number of benzene rings is 1. The van der Waals surface area contributed by atoms with Crippen LogP contribution in [0.3, 0.4) is 0 Å². The monoisotopic (exact) mass is 251 g/mol. The van der Waals surface area contributed by atoms with E-state index in [-0.39, 0.29) is 12.6 Å². The third-order valence-electron chi connectivity index (χ3n) is 2.45. The van der Waals surface area contributed by atoms with Crippen molar-refractivity contribution in [3.8, 4) is 5.75 Å². The molecule has 18 heavy (non-hydrogen) atoms. The molecule has 98 valence electrons. The van der Waals surface area contributed by atoms with E-state index in [9.17, 15) is 9.59 Å². The Hall–Kier alpha value is -2.08. The molecule has 0 saturated carbocycles. The lowest BCUT2D eigenvalue weighted by Gasteiger charge is -2.14. The topological polar surface area (TPSA) is 93.4 Å². The summed E-state index contributed by atoms with van der Waals surface area (Å²) in [4.78, 5) is 21.6. The van der Waals surface area contributed by atoms with E-state index in [1.165, 1.54) is 0 Å². The van der Waals surface area contributed by atoms with Crippen LogP contribution in [-0.4, -0.2) is 25.6 Å². The molecule has 1 rings (SSSR count). The number of amides is 3. The molecule has 1 atom stereocenters. The zero-order chi connectivity index (χ0) is 13.5. The lowest BCUT2D eigenvalue weighted by atomic mass is 10.1. The summed E-state index contributed by atoms with van der Waals surface area (Å²) < 4.78 is 5.05. The van der Waals surface area contributed by atoms with E-state index < -0.39 is 11.9 Å². The number of methoxy groups -OCH3 is 1. The van der Waals surface area contributed by atoms with Crippen LogP contribution in [-0.2, 0) is 4.79 Å². The molecular formula is C12H17N3O3. The van der Waals surface area contributed by atoms with E-state index in [1.807, 2.05) is 36.5 Å². The highest BCUT2D eigenvalue weighted by Crippen LogP contribution is 2.16. The molecule has 0 fully saturated rings.